The van der Waals surface area contributed by atoms with Gasteiger partial charge in [0, 0.05) is 24.8 Å². The van der Waals surface area contributed by atoms with Gasteiger partial charge in [-0.3, -0.25) is 19.7 Å². The Morgan fingerprint density at radius 2 is 1.89 bits per heavy atom. The van der Waals surface area contributed by atoms with E-state index < -0.39 is 10.8 Å². The number of amides is 2. The molecule has 1 fully saturated rings. The average Bonchev–Trinajstić information content (AvgIpc) is 3.20. The number of hydrogen-bond acceptors (Lipinski definition) is 5. The van der Waals surface area contributed by atoms with Gasteiger partial charge >= 0.3 is 0 Å². The van der Waals surface area contributed by atoms with Crippen molar-refractivity contribution < 1.29 is 19.2 Å². The first kappa shape index (κ1) is 19.5. The van der Waals surface area contributed by atoms with Crippen LogP contribution >= 0.6 is 0 Å². The first-order chi connectivity index (χ1) is 13.5. The van der Waals surface area contributed by atoms with E-state index in [-0.39, 0.29) is 24.1 Å². The van der Waals surface area contributed by atoms with E-state index in [2.05, 4.69) is 10.6 Å². The number of nitro groups is 1. The van der Waals surface area contributed by atoms with Gasteiger partial charge in [-0.2, -0.15) is 0 Å². The molecule has 1 saturated heterocycles. The molecule has 28 heavy (non-hydrogen) atoms. The molecule has 0 aliphatic carbocycles. The van der Waals surface area contributed by atoms with Crippen molar-refractivity contribution >= 4 is 23.2 Å². The maximum Gasteiger partial charge on any atom is 0.273 e. The molecule has 3 rings (SSSR count). The number of anilines is 1. The highest BCUT2D eigenvalue weighted by Gasteiger charge is 2.20. The second kappa shape index (κ2) is 9.09. The molecule has 0 aromatic heterocycles. The van der Waals surface area contributed by atoms with Crippen molar-refractivity contribution in [1.29, 1.82) is 0 Å². The van der Waals surface area contributed by atoms with E-state index in [4.69, 9.17) is 4.74 Å². The van der Waals surface area contributed by atoms with Gasteiger partial charge in [-0.1, -0.05) is 30.3 Å². The Hall–Kier alpha value is -3.26. The van der Waals surface area contributed by atoms with Crippen LogP contribution < -0.4 is 10.6 Å². The molecule has 2 aromatic rings. The average molecular weight is 383 g/mol. The quantitative estimate of drug-likeness (QED) is 0.564. The number of benzene rings is 2. The lowest BCUT2D eigenvalue weighted by Crippen LogP contribution is -2.32. The topological polar surface area (TPSA) is 111 Å². The van der Waals surface area contributed by atoms with E-state index >= 15 is 0 Å². The van der Waals surface area contributed by atoms with Crippen LogP contribution in [0.4, 0.5) is 11.4 Å². The Balaban J connectivity index is 1.66. The highest BCUT2D eigenvalue weighted by Crippen LogP contribution is 2.20. The van der Waals surface area contributed by atoms with Crippen LogP contribution in [0.15, 0.2) is 48.5 Å². The number of carbonyl (C=O) groups excluding carboxylic acids is 2. The Bertz CT molecular complexity index is 878. The van der Waals surface area contributed by atoms with E-state index in [0.29, 0.717) is 30.0 Å². The lowest BCUT2D eigenvalue weighted by Gasteiger charge is -2.14. The van der Waals surface area contributed by atoms with E-state index in [1.54, 1.807) is 36.4 Å². The summed E-state index contributed by atoms with van der Waals surface area (Å²) in [5.41, 5.74) is 0.887. The van der Waals surface area contributed by atoms with Crippen molar-refractivity contribution in [3.05, 3.63) is 69.8 Å². The summed E-state index contributed by atoms with van der Waals surface area (Å²) >= 11 is 0. The number of nitrogens with one attached hydrogen (secondary N) is 2. The molecule has 1 aliphatic rings. The number of nitro benzene ring substituents is 1. The SMILES string of the molecule is O=C(Cc1ccccc1[N+](=O)[O-])Nc1ccccc1C(=O)NCC1CCCO1. The third-order valence-corrected chi connectivity index (χ3v) is 4.50. The molecule has 1 heterocycles. The fourth-order valence-electron chi connectivity index (χ4n) is 3.10. The molecule has 8 nitrogen and oxygen atoms in total. The Kier molecular flexibility index (Phi) is 6.33. The maximum absolute atomic E-state index is 12.5. The molecular weight excluding hydrogens is 362 g/mol. The van der Waals surface area contributed by atoms with Crippen LogP contribution in [0.2, 0.25) is 0 Å². The van der Waals surface area contributed by atoms with E-state index in [9.17, 15) is 19.7 Å². The van der Waals surface area contributed by atoms with Gasteiger partial charge in [-0.05, 0) is 25.0 Å². The molecule has 0 saturated carbocycles. The van der Waals surface area contributed by atoms with Gasteiger partial charge in [0.05, 0.1) is 28.7 Å². The third-order valence-electron chi connectivity index (χ3n) is 4.50. The number of nitrogens with zero attached hydrogens (tertiary/aromatic N) is 1. The van der Waals surface area contributed by atoms with E-state index in [1.165, 1.54) is 12.1 Å². The van der Waals surface area contributed by atoms with Crippen molar-refractivity contribution in [3.8, 4) is 0 Å². The summed E-state index contributed by atoms with van der Waals surface area (Å²) in [4.78, 5) is 35.5. The maximum atomic E-state index is 12.5. The third kappa shape index (κ3) is 4.92. The molecule has 1 atom stereocenters. The second-order valence-corrected chi connectivity index (χ2v) is 6.50. The predicted molar refractivity (Wildman–Crippen MR) is 103 cm³/mol. The Morgan fingerprint density at radius 3 is 2.64 bits per heavy atom. The molecule has 0 bridgehead atoms. The van der Waals surface area contributed by atoms with Gasteiger partial charge in [0.25, 0.3) is 11.6 Å². The standard InChI is InChI=1S/C20H21N3O5/c24-19(12-14-6-1-4-10-18(14)23(26)27)22-17-9-3-2-8-16(17)20(25)21-13-15-7-5-11-28-15/h1-4,6,8-10,15H,5,7,11-13H2,(H,21,25)(H,22,24). The molecular formula is C20H21N3O5. The van der Waals surface area contributed by atoms with Crippen molar-refractivity contribution in [2.75, 3.05) is 18.5 Å². The molecule has 1 aliphatic heterocycles. The minimum atomic E-state index is -0.519. The van der Waals surface area contributed by atoms with Crippen molar-refractivity contribution in [2.24, 2.45) is 0 Å². The fraction of sp³-hybridized carbons (Fsp3) is 0.300. The highest BCUT2D eigenvalue weighted by atomic mass is 16.6. The fourth-order valence-corrected chi connectivity index (χ4v) is 3.10. The minimum Gasteiger partial charge on any atom is -0.376 e. The van der Waals surface area contributed by atoms with Crippen molar-refractivity contribution in [1.82, 2.24) is 5.32 Å². The van der Waals surface area contributed by atoms with Crippen LogP contribution in [0, 0.1) is 10.1 Å². The first-order valence-corrected chi connectivity index (χ1v) is 9.05. The highest BCUT2D eigenvalue weighted by molar-refractivity contribution is 6.04. The monoisotopic (exact) mass is 383 g/mol. The molecule has 146 valence electrons. The Labute approximate surface area is 162 Å². The molecule has 0 spiro atoms. The zero-order valence-corrected chi connectivity index (χ0v) is 15.2. The number of ether oxygens (including phenoxy) is 1. The largest absolute Gasteiger partial charge is 0.376 e. The van der Waals surface area contributed by atoms with Crippen LogP contribution in [0.1, 0.15) is 28.8 Å². The summed E-state index contributed by atoms with van der Waals surface area (Å²) in [6.07, 6.45) is 1.75. The van der Waals surface area contributed by atoms with E-state index in [1.807, 2.05) is 0 Å². The summed E-state index contributed by atoms with van der Waals surface area (Å²) < 4.78 is 5.49. The second-order valence-electron chi connectivity index (χ2n) is 6.50. The van der Waals surface area contributed by atoms with Gasteiger partial charge in [0.1, 0.15) is 0 Å². The smallest absolute Gasteiger partial charge is 0.273 e. The van der Waals surface area contributed by atoms with E-state index in [0.717, 1.165) is 12.8 Å². The van der Waals surface area contributed by atoms with Crippen LogP contribution in [-0.4, -0.2) is 36.0 Å². The molecule has 8 heteroatoms. The van der Waals surface area contributed by atoms with Gasteiger partial charge < -0.3 is 15.4 Å². The summed E-state index contributed by atoms with van der Waals surface area (Å²) in [6.45, 7) is 1.12. The number of carbonyl (C=O) groups is 2. The van der Waals surface area contributed by atoms with Gasteiger partial charge in [-0.25, -0.2) is 0 Å². The van der Waals surface area contributed by atoms with Gasteiger partial charge in [0.15, 0.2) is 0 Å². The van der Waals surface area contributed by atoms with Crippen molar-refractivity contribution in [3.63, 3.8) is 0 Å². The van der Waals surface area contributed by atoms with Crippen molar-refractivity contribution in [2.45, 2.75) is 25.4 Å². The summed E-state index contributed by atoms with van der Waals surface area (Å²) in [5, 5.41) is 16.6. The number of para-hydroxylation sites is 2. The predicted octanol–water partition coefficient (Wildman–Crippen LogP) is 2.68. The molecule has 0 radical (unpaired) electrons. The lowest BCUT2D eigenvalue weighted by molar-refractivity contribution is -0.385. The van der Waals surface area contributed by atoms with Crippen LogP contribution in [0.5, 0.6) is 0 Å². The van der Waals surface area contributed by atoms with Crippen LogP contribution in [0.25, 0.3) is 0 Å². The molecule has 2 N–H and O–H groups in total. The number of hydrogen-bond donors (Lipinski definition) is 2. The zero-order chi connectivity index (χ0) is 19.9. The van der Waals surface area contributed by atoms with Gasteiger partial charge in [-0.15, -0.1) is 0 Å². The summed E-state index contributed by atoms with van der Waals surface area (Å²) in [6, 6.07) is 12.7. The summed E-state index contributed by atoms with van der Waals surface area (Å²) in [5.74, 6) is -0.745. The minimum absolute atomic E-state index is 0.0179. The molecule has 2 amide bonds. The molecule has 2 aromatic carbocycles. The Morgan fingerprint density at radius 1 is 1.14 bits per heavy atom. The lowest BCUT2D eigenvalue weighted by atomic mass is 10.1. The first-order valence-electron chi connectivity index (χ1n) is 9.05. The molecule has 1 unspecified atom stereocenters. The number of rotatable bonds is 7. The zero-order valence-electron chi connectivity index (χ0n) is 15.2. The summed E-state index contributed by atoms with van der Waals surface area (Å²) in [7, 11) is 0. The van der Waals surface area contributed by atoms with Crippen LogP contribution in [-0.2, 0) is 16.0 Å². The van der Waals surface area contributed by atoms with Crippen LogP contribution in [0.3, 0.4) is 0 Å². The normalized spacial score (nSPS) is 15.8. The van der Waals surface area contributed by atoms with Gasteiger partial charge in [0.2, 0.25) is 5.91 Å².